The third-order valence-corrected chi connectivity index (χ3v) is 2.61. The SMILES string of the molecule is CCNc1c(F)cccc1C(=O)NCc1cnc[nH]1. The van der Waals surface area contributed by atoms with E-state index in [0.29, 0.717) is 18.7 Å². The maximum Gasteiger partial charge on any atom is 0.253 e. The summed E-state index contributed by atoms with van der Waals surface area (Å²) in [6, 6.07) is 4.42. The molecule has 2 aromatic rings. The summed E-state index contributed by atoms with van der Waals surface area (Å²) in [5.74, 6) is -0.763. The summed E-state index contributed by atoms with van der Waals surface area (Å²) in [5.41, 5.74) is 1.31. The number of carbonyl (C=O) groups is 1. The van der Waals surface area contributed by atoms with Gasteiger partial charge in [-0.15, -0.1) is 0 Å². The minimum atomic E-state index is -0.434. The van der Waals surface area contributed by atoms with Gasteiger partial charge in [-0.25, -0.2) is 9.37 Å². The van der Waals surface area contributed by atoms with E-state index in [1.165, 1.54) is 18.5 Å². The van der Waals surface area contributed by atoms with Gasteiger partial charge in [0.25, 0.3) is 5.91 Å². The molecule has 0 radical (unpaired) electrons. The van der Waals surface area contributed by atoms with E-state index in [2.05, 4.69) is 20.6 Å². The molecule has 5 nitrogen and oxygen atoms in total. The summed E-state index contributed by atoms with van der Waals surface area (Å²) < 4.78 is 13.7. The van der Waals surface area contributed by atoms with Crippen LogP contribution in [0, 0.1) is 5.82 Å². The number of aromatic nitrogens is 2. The number of halogens is 1. The maximum atomic E-state index is 13.7. The second-order valence-electron chi connectivity index (χ2n) is 3.95. The van der Waals surface area contributed by atoms with E-state index in [1.54, 1.807) is 12.3 Å². The molecular weight excluding hydrogens is 247 g/mol. The van der Waals surface area contributed by atoms with Crippen LogP contribution < -0.4 is 10.6 Å². The summed E-state index contributed by atoms with van der Waals surface area (Å²) in [6.45, 7) is 2.71. The molecule has 1 amide bonds. The quantitative estimate of drug-likeness (QED) is 0.771. The first kappa shape index (κ1) is 13.1. The van der Waals surface area contributed by atoms with Crippen LogP contribution in [0.5, 0.6) is 0 Å². The third-order valence-electron chi connectivity index (χ3n) is 2.61. The first-order valence-electron chi connectivity index (χ1n) is 6.00. The van der Waals surface area contributed by atoms with Gasteiger partial charge >= 0.3 is 0 Å². The van der Waals surface area contributed by atoms with Crippen molar-refractivity contribution < 1.29 is 9.18 Å². The second kappa shape index (κ2) is 5.99. The Morgan fingerprint density at radius 1 is 1.47 bits per heavy atom. The molecule has 1 aromatic carbocycles. The monoisotopic (exact) mass is 262 g/mol. The van der Waals surface area contributed by atoms with Crippen molar-refractivity contribution in [1.29, 1.82) is 0 Å². The minimum Gasteiger partial charge on any atom is -0.382 e. The number of nitrogens with zero attached hydrogens (tertiary/aromatic N) is 1. The van der Waals surface area contributed by atoms with Crippen molar-refractivity contribution in [3.63, 3.8) is 0 Å². The minimum absolute atomic E-state index is 0.229. The van der Waals surface area contributed by atoms with E-state index >= 15 is 0 Å². The lowest BCUT2D eigenvalue weighted by Crippen LogP contribution is -2.24. The van der Waals surface area contributed by atoms with Crippen molar-refractivity contribution in [2.45, 2.75) is 13.5 Å². The van der Waals surface area contributed by atoms with Crippen molar-refractivity contribution in [3.8, 4) is 0 Å². The molecule has 3 N–H and O–H groups in total. The molecule has 0 saturated carbocycles. The molecule has 0 aliphatic carbocycles. The van der Waals surface area contributed by atoms with Gasteiger partial charge in [0.15, 0.2) is 0 Å². The zero-order valence-electron chi connectivity index (χ0n) is 10.5. The number of anilines is 1. The molecule has 2 rings (SSSR count). The third kappa shape index (κ3) is 3.09. The van der Waals surface area contributed by atoms with Crippen LogP contribution in [0.3, 0.4) is 0 Å². The van der Waals surface area contributed by atoms with Crippen LogP contribution in [0.2, 0.25) is 0 Å². The standard InChI is InChI=1S/C13H15FN4O/c1-2-16-12-10(4-3-5-11(12)14)13(19)17-7-9-6-15-8-18-9/h3-6,8,16H,2,7H2,1H3,(H,15,18)(H,17,19). The van der Waals surface area contributed by atoms with Crippen molar-refractivity contribution in [2.75, 3.05) is 11.9 Å². The van der Waals surface area contributed by atoms with Gasteiger partial charge in [0.05, 0.1) is 29.8 Å². The molecule has 0 aliphatic heterocycles. The van der Waals surface area contributed by atoms with Crippen LogP contribution in [0.4, 0.5) is 10.1 Å². The molecule has 0 bridgehead atoms. The fraction of sp³-hybridized carbons (Fsp3) is 0.231. The number of benzene rings is 1. The van der Waals surface area contributed by atoms with E-state index in [9.17, 15) is 9.18 Å². The predicted octanol–water partition coefficient (Wildman–Crippen LogP) is 1.91. The van der Waals surface area contributed by atoms with Gasteiger partial charge in [0, 0.05) is 12.7 Å². The molecule has 0 atom stereocenters. The van der Waals surface area contributed by atoms with E-state index in [1.807, 2.05) is 6.92 Å². The maximum absolute atomic E-state index is 13.7. The highest BCUT2D eigenvalue weighted by atomic mass is 19.1. The molecule has 0 saturated heterocycles. The Bertz CT molecular complexity index is 554. The zero-order chi connectivity index (χ0) is 13.7. The predicted molar refractivity (Wildman–Crippen MR) is 70.3 cm³/mol. The summed E-state index contributed by atoms with van der Waals surface area (Å²) in [7, 11) is 0. The Kier molecular flexibility index (Phi) is 4.12. The average molecular weight is 262 g/mol. The van der Waals surface area contributed by atoms with Crippen LogP contribution in [0.1, 0.15) is 23.0 Å². The normalized spacial score (nSPS) is 10.2. The lowest BCUT2D eigenvalue weighted by molar-refractivity contribution is 0.0951. The van der Waals surface area contributed by atoms with Gasteiger partial charge in [-0.3, -0.25) is 4.79 Å². The molecule has 0 aliphatic rings. The Hall–Kier alpha value is -2.37. The molecule has 0 fully saturated rings. The lowest BCUT2D eigenvalue weighted by atomic mass is 10.1. The van der Waals surface area contributed by atoms with Gasteiger partial charge in [-0.2, -0.15) is 0 Å². The smallest absolute Gasteiger partial charge is 0.253 e. The molecule has 6 heteroatoms. The number of para-hydroxylation sites is 1. The van der Waals surface area contributed by atoms with Gasteiger partial charge in [0.1, 0.15) is 5.82 Å². The first-order chi connectivity index (χ1) is 9.22. The van der Waals surface area contributed by atoms with E-state index < -0.39 is 5.82 Å². The number of amides is 1. The zero-order valence-corrected chi connectivity index (χ0v) is 10.5. The van der Waals surface area contributed by atoms with Crippen LogP contribution >= 0.6 is 0 Å². The number of H-pyrrole nitrogens is 1. The first-order valence-corrected chi connectivity index (χ1v) is 6.00. The van der Waals surface area contributed by atoms with Gasteiger partial charge in [0.2, 0.25) is 0 Å². The topological polar surface area (TPSA) is 69.8 Å². The number of carbonyl (C=O) groups excluding carboxylic acids is 1. The van der Waals surface area contributed by atoms with Crippen molar-refractivity contribution in [3.05, 3.63) is 47.8 Å². The molecule has 0 unspecified atom stereocenters. The summed E-state index contributed by atoms with van der Waals surface area (Å²) >= 11 is 0. The number of aromatic amines is 1. The number of rotatable bonds is 5. The Morgan fingerprint density at radius 3 is 3.00 bits per heavy atom. The van der Waals surface area contributed by atoms with Crippen LogP contribution in [0.15, 0.2) is 30.7 Å². The summed E-state index contributed by atoms with van der Waals surface area (Å²) in [6.07, 6.45) is 3.16. The average Bonchev–Trinajstić information content (AvgIpc) is 2.92. The fourth-order valence-corrected chi connectivity index (χ4v) is 1.72. The molecule has 1 aromatic heterocycles. The van der Waals surface area contributed by atoms with Gasteiger partial charge in [-0.05, 0) is 19.1 Å². The highest BCUT2D eigenvalue weighted by Gasteiger charge is 2.14. The number of hydrogen-bond acceptors (Lipinski definition) is 3. The van der Waals surface area contributed by atoms with Crippen LogP contribution in [-0.2, 0) is 6.54 Å². The highest BCUT2D eigenvalue weighted by molar-refractivity contribution is 5.99. The van der Waals surface area contributed by atoms with Crippen molar-refractivity contribution in [2.24, 2.45) is 0 Å². The summed E-state index contributed by atoms with van der Waals surface area (Å²) in [5, 5.41) is 5.57. The van der Waals surface area contributed by atoms with Gasteiger partial charge in [-0.1, -0.05) is 6.07 Å². The molecular formula is C13H15FN4O. The highest BCUT2D eigenvalue weighted by Crippen LogP contribution is 2.19. The Balaban J connectivity index is 2.12. The van der Waals surface area contributed by atoms with Crippen molar-refractivity contribution >= 4 is 11.6 Å². The molecule has 100 valence electrons. The van der Waals surface area contributed by atoms with E-state index in [4.69, 9.17) is 0 Å². The number of hydrogen-bond donors (Lipinski definition) is 3. The lowest BCUT2D eigenvalue weighted by Gasteiger charge is -2.11. The van der Waals surface area contributed by atoms with E-state index in [-0.39, 0.29) is 11.6 Å². The van der Waals surface area contributed by atoms with Crippen LogP contribution in [0.25, 0.3) is 0 Å². The summed E-state index contributed by atoms with van der Waals surface area (Å²) in [4.78, 5) is 18.8. The number of nitrogens with one attached hydrogen (secondary N) is 3. The molecule has 19 heavy (non-hydrogen) atoms. The molecule has 1 heterocycles. The largest absolute Gasteiger partial charge is 0.382 e. The van der Waals surface area contributed by atoms with Crippen LogP contribution in [-0.4, -0.2) is 22.4 Å². The Morgan fingerprint density at radius 2 is 2.32 bits per heavy atom. The van der Waals surface area contributed by atoms with Gasteiger partial charge < -0.3 is 15.6 Å². The number of imidazole rings is 1. The Labute approximate surface area is 110 Å². The van der Waals surface area contributed by atoms with E-state index in [0.717, 1.165) is 5.69 Å². The van der Waals surface area contributed by atoms with Crippen molar-refractivity contribution in [1.82, 2.24) is 15.3 Å². The second-order valence-corrected chi connectivity index (χ2v) is 3.95. The molecule has 0 spiro atoms. The fourth-order valence-electron chi connectivity index (χ4n) is 1.72.